The number of carbonyl (C=O) groups is 1. The third-order valence-electron chi connectivity index (χ3n) is 5.42. The number of aliphatic hydroxyl groups is 1. The molecule has 1 aliphatic heterocycles. The van der Waals surface area contributed by atoms with Crippen molar-refractivity contribution in [2.45, 2.75) is 31.8 Å². The zero-order valence-corrected chi connectivity index (χ0v) is 16.3. The number of para-hydroxylation sites is 2. The van der Waals surface area contributed by atoms with Gasteiger partial charge in [0, 0.05) is 30.8 Å². The van der Waals surface area contributed by atoms with Gasteiger partial charge in [0.15, 0.2) is 0 Å². The molecule has 1 aliphatic rings. The highest BCUT2D eigenvalue weighted by Crippen LogP contribution is 2.33. The van der Waals surface area contributed by atoms with Crippen LogP contribution in [-0.4, -0.2) is 39.0 Å². The summed E-state index contributed by atoms with van der Waals surface area (Å²) in [6, 6.07) is 11.3. The zero-order chi connectivity index (χ0) is 19.5. The van der Waals surface area contributed by atoms with Gasteiger partial charge < -0.3 is 15.0 Å². The summed E-state index contributed by atoms with van der Waals surface area (Å²) in [6.45, 7) is 1.29. The monoisotopic (exact) mass is 397 g/mol. The second-order valence-electron chi connectivity index (χ2n) is 7.21. The Morgan fingerprint density at radius 3 is 2.79 bits per heavy atom. The van der Waals surface area contributed by atoms with Crippen LogP contribution < -0.4 is 5.56 Å². The third-order valence-corrected chi connectivity index (χ3v) is 6.36. The summed E-state index contributed by atoms with van der Waals surface area (Å²) in [5.41, 5.74) is 1.60. The lowest BCUT2D eigenvalue weighted by Gasteiger charge is -2.34. The highest BCUT2D eigenvalue weighted by Gasteiger charge is 2.28. The minimum absolute atomic E-state index is 0.0402. The Morgan fingerprint density at radius 1 is 1.25 bits per heavy atom. The number of hydrogen-bond acceptors (Lipinski definition) is 5. The normalized spacial score (nSPS) is 16.4. The van der Waals surface area contributed by atoms with Gasteiger partial charge in [-0.2, -0.15) is 0 Å². The fraction of sp³-hybridized carbons (Fsp3) is 0.381. The van der Waals surface area contributed by atoms with E-state index in [0.717, 1.165) is 23.2 Å². The molecule has 1 aromatic carbocycles. The smallest absolute Gasteiger partial charge is 0.270 e. The van der Waals surface area contributed by atoms with Crippen LogP contribution in [0, 0.1) is 5.92 Å². The number of piperidine rings is 1. The molecule has 0 radical (unpaired) electrons. The predicted octanol–water partition coefficient (Wildman–Crippen LogP) is 2.89. The van der Waals surface area contributed by atoms with Gasteiger partial charge in [0.2, 0.25) is 5.91 Å². The number of nitrogens with one attached hydrogen (secondary N) is 1. The maximum atomic E-state index is 12.6. The number of H-pyrrole nitrogens is 1. The number of aryl methyl sites for hydroxylation is 1. The quantitative estimate of drug-likeness (QED) is 0.693. The summed E-state index contributed by atoms with van der Waals surface area (Å²) >= 11 is 1.57. The number of likely N-dealkylation sites (tertiary alicyclic amines) is 1. The largest absolute Gasteiger partial charge is 0.387 e. The van der Waals surface area contributed by atoms with Crippen molar-refractivity contribution in [3.8, 4) is 0 Å². The molecule has 6 nitrogen and oxygen atoms in total. The second-order valence-corrected chi connectivity index (χ2v) is 8.19. The van der Waals surface area contributed by atoms with E-state index in [-0.39, 0.29) is 23.8 Å². The van der Waals surface area contributed by atoms with Crippen LogP contribution in [0.1, 0.15) is 35.9 Å². The van der Waals surface area contributed by atoms with Crippen LogP contribution in [0.25, 0.3) is 11.0 Å². The van der Waals surface area contributed by atoms with Crippen molar-refractivity contribution in [2.75, 3.05) is 13.1 Å². The number of aromatic nitrogens is 2. The molecule has 3 aromatic rings. The van der Waals surface area contributed by atoms with E-state index in [1.165, 1.54) is 0 Å². The number of fused-ring (bicyclic) bond motifs is 1. The molecule has 2 aromatic heterocycles. The number of aliphatic hydroxyl groups excluding tert-OH is 1. The van der Waals surface area contributed by atoms with E-state index in [0.29, 0.717) is 30.7 Å². The van der Waals surface area contributed by atoms with Crippen LogP contribution in [0.5, 0.6) is 0 Å². The fourth-order valence-corrected chi connectivity index (χ4v) is 4.58. The first-order valence-corrected chi connectivity index (χ1v) is 10.5. The van der Waals surface area contributed by atoms with Gasteiger partial charge >= 0.3 is 0 Å². The molecule has 0 bridgehead atoms. The Bertz CT molecular complexity index is 1010. The van der Waals surface area contributed by atoms with Gasteiger partial charge in [-0.15, -0.1) is 11.3 Å². The molecule has 1 unspecified atom stereocenters. The maximum absolute atomic E-state index is 12.6. The van der Waals surface area contributed by atoms with Crippen LogP contribution in [0.4, 0.5) is 0 Å². The van der Waals surface area contributed by atoms with E-state index in [1.54, 1.807) is 11.3 Å². The van der Waals surface area contributed by atoms with E-state index in [9.17, 15) is 14.7 Å². The number of hydrogen-bond donors (Lipinski definition) is 2. The molecule has 146 valence electrons. The van der Waals surface area contributed by atoms with Crippen molar-refractivity contribution in [1.82, 2.24) is 14.9 Å². The third kappa shape index (κ3) is 4.00. The van der Waals surface area contributed by atoms with Crippen LogP contribution in [0.3, 0.4) is 0 Å². The van der Waals surface area contributed by atoms with Crippen LogP contribution >= 0.6 is 11.3 Å². The molecule has 1 saturated heterocycles. The number of nitrogens with zero attached hydrogens (tertiary/aromatic N) is 2. The van der Waals surface area contributed by atoms with Gasteiger partial charge in [-0.1, -0.05) is 18.2 Å². The number of rotatable bonds is 5. The first-order valence-electron chi connectivity index (χ1n) is 9.59. The fourth-order valence-electron chi connectivity index (χ4n) is 3.78. The van der Waals surface area contributed by atoms with Crippen LogP contribution in [0.2, 0.25) is 0 Å². The Kier molecular flexibility index (Phi) is 5.54. The van der Waals surface area contributed by atoms with Gasteiger partial charge in [0.25, 0.3) is 5.56 Å². The Balaban J connectivity index is 1.33. The van der Waals surface area contributed by atoms with Crippen molar-refractivity contribution in [2.24, 2.45) is 5.92 Å². The molecular weight excluding hydrogens is 374 g/mol. The maximum Gasteiger partial charge on any atom is 0.270 e. The summed E-state index contributed by atoms with van der Waals surface area (Å²) in [6.07, 6.45) is 1.74. The Morgan fingerprint density at radius 2 is 2.04 bits per heavy atom. The molecule has 0 saturated carbocycles. The summed E-state index contributed by atoms with van der Waals surface area (Å²) in [4.78, 5) is 34.8. The molecule has 1 amide bonds. The number of benzene rings is 1. The van der Waals surface area contributed by atoms with Gasteiger partial charge in [-0.05, 0) is 42.3 Å². The second kappa shape index (κ2) is 8.24. The average molecular weight is 398 g/mol. The topological polar surface area (TPSA) is 86.3 Å². The highest BCUT2D eigenvalue weighted by molar-refractivity contribution is 7.10. The Labute approximate surface area is 166 Å². The predicted molar refractivity (Wildman–Crippen MR) is 109 cm³/mol. The molecule has 28 heavy (non-hydrogen) atoms. The number of carbonyl (C=O) groups excluding carboxylic acids is 1. The first-order chi connectivity index (χ1) is 13.6. The van der Waals surface area contributed by atoms with E-state index in [2.05, 4.69) is 9.97 Å². The van der Waals surface area contributed by atoms with Gasteiger partial charge in [-0.3, -0.25) is 9.59 Å². The first kappa shape index (κ1) is 18.8. The summed E-state index contributed by atoms with van der Waals surface area (Å²) in [5, 5.41) is 12.5. The van der Waals surface area contributed by atoms with E-state index in [4.69, 9.17) is 0 Å². The molecule has 0 aliphatic carbocycles. The molecular formula is C21H23N3O3S. The highest BCUT2D eigenvalue weighted by atomic mass is 32.1. The molecule has 1 atom stereocenters. The van der Waals surface area contributed by atoms with Crippen molar-refractivity contribution in [3.05, 3.63) is 62.7 Å². The van der Waals surface area contributed by atoms with Gasteiger partial charge in [-0.25, -0.2) is 4.98 Å². The lowest BCUT2D eigenvalue weighted by molar-refractivity contribution is -0.133. The molecule has 1 fully saturated rings. The van der Waals surface area contributed by atoms with E-state index in [1.807, 2.05) is 46.7 Å². The molecule has 4 rings (SSSR count). The summed E-state index contributed by atoms with van der Waals surface area (Å²) in [7, 11) is 0. The molecule has 2 N–H and O–H groups in total. The minimum Gasteiger partial charge on any atom is -0.387 e. The lowest BCUT2D eigenvalue weighted by atomic mass is 9.90. The molecule has 7 heteroatoms. The van der Waals surface area contributed by atoms with E-state index < -0.39 is 6.10 Å². The average Bonchev–Trinajstić information content (AvgIpc) is 3.26. The van der Waals surface area contributed by atoms with Crippen molar-refractivity contribution >= 4 is 28.3 Å². The molecule has 0 spiro atoms. The molecule has 3 heterocycles. The lowest BCUT2D eigenvalue weighted by Crippen LogP contribution is -2.40. The minimum atomic E-state index is -0.447. The van der Waals surface area contributed by atoms with Gasteiger partial charge in [0.05, 0.1) is 17.1 Å². The number of amides is 1. The van der Waals surface area contributed by atoms with Crippen molar-refractivity contribution in [1.29, 1.82) is 0 Å². The van der Waals surface area contributed by atoms with Crippen molar-refractivity contribution < 1.29 is 9.90 Å². The van der Waals surface area contributed by atoms with E-state index >= 15 is 0 Å². The van der Waals surface area contributed by atoms with Crippen molar-refractivity contribution in [3.63, 3.8) is 0 Å². The van der Waals surface area contributed by atoms with Gasteiger partial charge in [0.1, 0.15) is 5.69 Å². The SMILES string of the molecule is O=C(CCc1nc2ccccc2[nH]c1=O)N1CCC(C(O)c2cccs2)CC1. The number of aromatic amines is 1. The Hall–Kier alpha value is -2.51. The standard InChI is InChI=1S/C21H23N3O3S/c25-19(8-7-17-21(27)23-16-5-2-1-4-15(16)22-17)24-11-9-14(10-12-24)20(26)18-6-3-13-28-18/h1-6,13-14,20,26H,7-12H2,(H,23,27). The summed E-state index contributed by atoms with van der Waals surface area (Å²) in [5.74, 6) is 0.228. The summed E-state index contributed by atoms with van der Waals surface area (Å²) < 4.78 is 0. The van der Waals surface area contributed by atoms with Crippen LogP contribution in [0.15, 0.2) is 46.6 Å². The van der Waals surface area contributed by atoms with Crippen LogP contribution in [-0.2, 0) is 11.2 Å². The number of thiophene rings is 1. The zero-order valence-electron chi connectivity index (χ0n) is 15.5.